The van der Waals surface area contributed by atoms with Gasteiger partial charge in [0.15, 0.2) is 0 Å². The molecule has 1 saturated heterocycles. The number of hydrogen-bond donors (Lipinski definition) is 3. The van der Waals surface area contributed by atoms with E-state index >= 15 is 0 Å². The van der Waals surface area contributed by atoms with Gasteiger partial charge in [0.25, 0.3) is 5.91 Å². The predicted octanol–water partition coefficient (Wildman–Crippen LogP) is 1.74. The second-order valence-electron chi connectivity index (χ2n) is 7.91. The molecule has 0 bridgehead atoms. The first-order valence-electron chi connectivity index (χ1n) is 11.0. The highest BCUT2D eigenvalue weighted by Crippen LogP contribution is 2.27. The van der Waals surface area contributed by atoms with Crippen molar-refractivity contribution in [3.05, 3.63) is 59.7 Å². The van der Waals surface area contributed by atoms with Crippen LogP contribution in [0.15, 0.2) is 53.4 Å². The minimum absolute atomic E-state index is 0.0230. The molecule has 34 heavy (non-hydrogen) atoms. The molecule has 2 aromatic carbocycles. The Balaban J connectivity index is 1.80. The molecule has 1 heterocycles. The van der Waals surface area contributed by atoms with Gasteiger partial charge in [-0.3, -0.25) is 10.0 Å². The van der Waals surface area contributed by atoms with Crippen molar-refractivity contribution >= 4 is 22.0 Å². The van der Waals surface area contributed by atoms with Crippen molar-refractivity contribution in [2.45, 2.75) is 43.9 Å². The van der Waals surface area contributed by atoms with Gasteiger partial charge in [-0.05, 0) is 48.7 Å². The minimum Gasteiger partial charge on any atom is -0.489 e. The fourth-order valence-electron chi connectivity index (χ4n) is 4.12. The van der Waals surface area contributed by atoms with E-state index in [0.717, 1.165) is 16.3 Å². The lowest BCUT2D eigenvalue weighted by molar-refractivity contribution is -0.136. The number of amides is 3. The maximum absolute atomic E-state index is 13.4. The Hall–Kier alpha value is -3.15. The molecule has 1 aliphatic heterocycles. The molecule has 1 aliphatic rings. The average Bonchev–Trinajstić information content (AvgIpc) is 2.86. The lowest BCUT2D eigenvalue weighted by atomic mass is 10.1. The van der Waals surface area contributed by atoms with Crippen LogP contribution in [0, 0.1) is 0 Å². The number of carbonyl (C=O) groups excluding carboxylic acids is 2. The van der Waals surface area contributed by atoms with Crippen molar-refractivity contribution in [3.63, 3.8) is 0 Å². The fourth-order valence-corrected chi connectivity index (χ4v) is 5.77. The lowest BCUT2D eigenvalue weighted by Crippen LogP contribution is -2.66. The molecule has 10 nitrogen and oxygen atoms in total. The molecule has 2 aromatic rings. The van der Waals surface area contributed by atoms with Crippen molar-refractivity contribution in [1.82, 2.24) is 20.0 Å². The fraction of sp³-hybridized carbons (Fsp3) is 0.391. The van der Waals surface area contributed by atoms with Crippen LogP contribution in [0.25, 0.3) is 0 Å². The molecule has 3 N–H and O–H groups in total. The highest BCUT2D eigenvalue weighted by molar-refractivity contribution is 7.89. The third-order valence-corrected chi connectivity index (χ3v) is 7.89. The largest absolute Gasteiger partial charge is 0.489 e. The summed E-state index contributed by atoms with van der Waals surface area (Å²) < 4.78 is 33.6. The molecule has 2 atom stereocenters. The molecule has 1 fully saturated rings. The van der Waals surface area contributed by atoms with Gasteiger partial charge in [-0.1, -0.05) is 31.2 Å². The van der Waals surface area contributed by atoms with Crippen LogP contribution in [-0.4, -0.2) is 67.0 Å². The van der Waals surface area contributed by atoms with Gasteiger partial charge in [-0.2, -0.15) is 4.31 Å². The highest BCUT2D eigenvalue weighted by Gasteiger charge is 2.45. The molecule has 11 heteroatoms. The van der Waals surface area contributed by atoms with Crippen LogP contribution in [0.3, 0.4) is 0 Å². The Morgan fingerprint density at radius 1 is 1.09 bits per heavy atom. The first kappa shape index (κ1) is 25.5. The number of hydrogen-bond acceptors (Lipinski definition) is 6. The summed E-state index contributed by atoms with van der Waals surface area (Å²) in [6, 6.07) is 11.4. The molecular formula is C23H30N4O6S. The summed E-state index contributed by atoms with van der Waals surface area (Å²) >= 11 is 0. The number of nitrogens with zero attached hydrogens (tertiary/aromatic N) is 2. The van der Waals surface area contributed by atoms with Gasteiger partial charge < -0.3 is 15.0 Å². The molecule has 0 saturated carbocycles. The zero-order valence-corrected chi connectivity index (χ0v) is 20.2. The van der Waals surface area contributed by atoms with Crippen molar-refractivity contribution in [1.29, 1.82) is 0 Å². The number of benzene rings is 2. The SMILES string of the molecule is CCc1ccccc1COc1ccc(S(=O)(=O)N2CCN(C(=O)NC)[C@@H](C)[C@@H]2C(=O)NO)cc1. The number of sulfonamides is 1. The summed E-state index contributed by atoms with van der Waals surface area (Å²) in [6.45, 7) is 3.96. The molecule has 0 aromatic heterocycles. The van der Waals surface area contributed by atoms with Gasteiger partial charge in [0.1, 0.15) is 18.4 Å². The van der Waals surface area contributed by atoms with E-state index in [0.29, 0.717) is 12.4 Å². The van der Waals surface area contributed by atoms with E-state index in [-0.39, 0.29) is 18.0 Å². The molecule has 0 spiro atoms. The zero-order valence-electron chi connectivity index (χ0n) is 19.4. The van der Waals surface area contributed by atoms with E-state index in [1.54, 1.807) is 19.1 Å². The third kappa shape index (κ3) is 5.16. The first-order chi connectivity index (χ1) is 16.2. The number of nitrogens with one attached hydrogen (secondary N) is 2. The Morgan fingerprint density at radius 3 is 2.32 bits per heavy atom. The summed E-state index contributed by atoms with van der Waals surface area (Å²) in [6.07, 6.45) is 0.880. The molecule has 0 unspecified atom stereocenters. The number of urea groups is 1. The summed E-state index contributed by atoms with van der Waals surface area (Å²) in [5, 5.41) is 11.7. The topological polar surface area (TPSA) is 128 Å². The smallest absolute Gasteiger partial charge is 0.317 e. The lowest BCUT2D eigenvalue weighted by Gasteiger charge is -2.43. The minimum atomic E-state index is -4.10. The average molecular weight is 491 g/mol. The van der Waals surface area contributed by atoms with Gasteiger partial charge in [0.05, 0.1) is 10.9 Å². The van der Waals surface area contributed by atoms with Crippen LogP contribution in [0.5, 0.6) is 5.75 Å². The van der Waals surface area contributed by atoms with Crippen LogP contribution in [0.4, 0.5) is 4.79 Å². The number of hydroxylamine groups is 1. The monoisotopic (exact) mass is 490 g/mol. The maximum atomic E-state index is 13.4. The van der Waals surface area contributed by atoms with Crippen LogP contribution in [0.2, 0.25) is 0 Å². The second kappa shape index (κ2) is 10.9. The Bertz CT molecular complexity index is 1120. The molecule has 3 amide bonds. The number of aryl methyl sites for hydroxylation is 1. The van der Waals surface area contributed by atoms with Crippen LogP contribution < -0.4 is 15.5 Å². The van der Waals surface area contributed by atoms with Gasteiger partial charge in [0.2, 0.25) is 10.0 Å². The molecule has 0 radical (unpaired) electrons. The summed E-state index contributed by atoms with van der Waals surface area (Å²) in [5.74, 6) is -0.411. The second-order valence-corrected chi connectivity index (χ2v) is 9.80. The highest BCUT2D eigenvalue weighted by atomic mass is 32.2. The van der Waals surface area contributed by atoms with Crippen molar-refractivity contribution in [2.75, 3.05) is 20.1 Å². The van der Waals surface area contributed by atoms with E-state index in [4.69, 9.17) is 4.74 Å². The van der Waals surface area contributed by atoms with Crippen molar-refractivity contribution < 1.29 is 28.0 Å². The van der Waals surface area contributed by atoms with Gasteiger partial charge in [0, 0.05) is 20.1 Å². The Morgan fingerprint density at radius 2 is 1.74 bits per heavy atom. The predicted molar refractivity (Wildman–Crippen MR) is 125 cm³/mol. The van der Waals surface area contributed by atoms with Crippen molar-refractivity contribution in [2.24, 2.45) is 0 Å². The number of piperazine rings is 1. The first-order valence-corrected chi connectivity index (χ1v) is 12.4. The van der Waals surface area contributed by atoms with E-state index in [9.17, 15) is 23.2 Å². The standard InChI is InChI=1S/C23H30N4O6S/c1-4-17-7-5-6-8-18(17)15-33-19-9-11-20(12-10-19)34(31,32)27-14-13-26(23(29)24-3)16(2)21(27)22(28)25-30/h5-12,16,21,30H,4,13-15H2,1-3H3,(H,24,29)(H,25,28)/t16-,21+/m0/s1. The summed E-state index contributed by atoms with van der Waals surface area (Å²) in [4.78, 5) is 25.9. The van der Waals surface area contributed by atoms with Gasteiger partial charge in [-0.25, -0.2) is 18.7 Å². The van der Waals surface area contributed by atoms with E-state index in [1.807, 2.05) is 24.3 Å². The van der Waals surface area contributed by atoms with Crippen LogP contribution in [-0.2, 0) is 27.8 Å². The number of rotatable bonds is 7. The normalized spacial score (nSPS) is 18.9. The van der Waals surface area contributed by atoms with E-state index in [2.05, 4.69) is 12.2 Å². The van der Waals surface area contributed by atoms with E-state index < -0.39 is 34.0 Å². The quantitative estimate of drug-likeness (QED) is 0.401. The summed E-state index contributed by atoms with van der Waals surface area (Å²) in [7, 11) is -2.65. The van der Waals surface area contributed by atoms with E-state index in [1.165, 1.54) is 35.1 Å². The molecule has 3 rings (SSSR count). The molecule has 184 valence electrons. The maximum Gasteiger partial charge on any atom is 0.317 e. The van der Waals surface area contributed by atoms with Crippen molar-refractivity contribution in [3.8, 4) is 5.75 Å². The molecule has 0 aliphatic carbocycles. The third-order valence-electron chi connectivity index (χ3n) is 6.00. The van der Waals surface area contributed by atoms with Gasteiger partial charge >= 0.3 is 6.03 Å². The number of carbonyl (C=O) groups is 2. The Kier molecular flexibility index (Phi) is 8.13. The summed E-state index contributed by atoms with van der Waals surface area (Å²) in [5.41, 5.74) is 3.76. The number of ether oxygens (including phenoxy) is 1. The molecular weight excluding hydrogens is 460 g/mol. The zero-order chi connectivity index (χ0) is 24.9. The van der Waals surface area contributed by atoms with Crippen LogP contribution in [0.1, 0.15) is 25.0 Å². The van der Waals surface area contributed by atoms with Gasteiger partial charge in [-0.15, -0.1) is 0 Å². The Labute approximate surface area is 199 Å². The van der Waals surface area contributed by atoms with Crippen LogP contribution >= 0.6 is 0 Å².